The number of nitrogens with zero attached hydrogens (tertiary/aromatic N) is 2. The van der Waals surface area contributed by atoms with Crippen molar-refractivity contribution in [3.05, 3.63) is 30.1 Å². The number of pyridine rings is 1. The van der Waals surface area contributed by atoms with E-state index in [2.05, 4.69) is 10.3 Å². The normalized spacial score (nSPS) is 15.6. The van der Waals surface area contributed by atoms with Gasteiger partial charge in [-0.15, -0.1) is 0 Å². The molecule has 2 heterocycles. The number of rotatable bonds is 4. The van der Waals surface area contributed by atoms with Gasteiger partial charge < -0.3 is 10.2 Å². The molecule has 21 heavy (non-hydrogen) atoms. The van der Waals surface area contributed by atoms with Crippen LogP contribution in [0.2, 0.25) is 0 Å². The van der Waals surface area contributed by atoms with Crippen molar-refractivity contribution < 1.29 is 9.59 Å². The topological polar surface area (TPSA) is 62.3 Å². The summed E-state index contributed by atoms with van der Waals surface area (Å²) in [5.41, 5.74) is -0.0516. The van der Waals surface area contributed by atoms with Crippen LogP contribution in [-0.4, -0.2) is 34.8 Å². The molecule has 0 saturated carbocycles. The molecule has 0 atom stereocenters. The van der Waals surface area contributed by atoms with Crippen LogP contribution in [0.15, 0.2) is 24.5 Å². The lowest BCUT2D eigenvalue weighted by Gasteiger charge is -2.33. The minimum absolute atomic E-state index is 0.0746. The smallest absolute Gasteiger partial charge is 0.237 e. The van der Waals surface area contributed by atoms with E-state index in [0.29, 0.717) is 6.54 Å². The molecule has 0 unspecified atom stereocenters. The molecule has 0 aliphatic carbocycles. The number of piperidine rings is 1. The second-order valence-electron chi connectivity index (χ2n) is 6.02. The first-order valence-corrected chi connectivity index (χ1v) is 7.48. The fourth-order valence-electron chi connectivity index (χ4n) is 2.49. The van der Waals surface area contributed by atoms with E-state index in [0.717, 1.165) is 31.5 Å². The minimum atomic E-state index is -1.02. The van der Waals surface area contributed by atoms with Crippen molar-refractivity contribution in [2.45, 2.75) is 39.7 Å². The molecule has 0 bridgehead atoms. The van der Waals surface area contributed by atoms with Crippen molar-refractivity contribution in [1.82, 2.24) is 15.2 Å². The first-order chi connectivity index (χ1) is 10.0. The molecular formula is C16H23N3O2. The monoisotopic (exact) mass is 289 g/mol. The Balaban J connectivity index is 1.94. The van der Waals surface area contributed by atoms with Crippen molar-refractivity contribution in [3.8, 4) is 0 Å². The Morgan fingerprint density at radius 3 is 2.43 bits per heavy atom. The van der Waals surface area contributed by atoms with Crippen LogP contribution in [-0.2, 0) is 16.1 Å². The van der Waals surface area contributed by atoms with E-state index in [4.69, 9.17) is 0 Å². The average Bonchev–Trinajstić information content (AvgIpc) is 2.53. The van der Waals surface area contributed by atoms with Crippen molar-refractivity contribution in [2.75, 3.05) is 13.1 Å². The number of nitrogens with one attached hydrogen (secondary N) is 1. The summed E-state index contributed by atoms with van der Waals surface area (Å²) in [7, 11) is 0. The Kier molecular flexibility index (Phi) is 4.94. The summed E-state index contributed by atoms with van der Waals surface area (Å²) in [6, 6.07) is 3.69. The fraction of sp³-hybridized carbons (Fsp3) is 0.562. The molecule has 1 fully saturated rings. The third-order valence-electron chi connectivity index (χ3n) is 3.95. The zero-order chi connectivity index (χ0) is 15.3. The molecule has 1 aliphatic rings. The Bertz CT molecular complexity index is 494. The molecule has 0 aromatic carbocycles. The lowest BCUT2D eigenvalue weighted by Crippen LogP contribution is -2.50. The third kappa shape index (κ3) is 3.80. The van der Waals surface area contributed by atoms with Crippen LogP contribution in [0, 0.1) is 5.41 Å². The quantitative estimate of drug-likeness (QED) is 0.859. The first kappa shape index (κ1) is 15.5. The number of carbonyl (C=O) groups excluding carboxylic acids is 2. The van der Waals surface area contributed by atoms with Crippen molar-refractivity contribution >= 4 is 11.8 Å². The predicted octanol–water partition coefficient (Wildman–Crippen LogP) is 1.74. The highest BCUT2D eigenvalue weighted by atomic mass is 16.2. The molecule has 0 radical (unpaired) electrons. The molecule has 114 valence electrons. The second kappa shape index (κ2) is 6.70. The molecule has 1 aromatic heterocycles. The number of carbonyl (C=O) groups is 2. The summed E-state index contributed by atoms with van der Waals surface area (Å²) in [5, 5.41) is 2.85. The molecule has 1 saturated heterocycles. The molecule has 5 heteroatoms. The van der Waals surface area contributed by atoms with E-state index >= 15 is 0 Å². The van der Waals surface area contributed by atoms with Gasteiger partial charge in [0, 0.05) is 32.0 Å². The lowest BCUT2D eigenvalue weighted by atomic mass is 9.89. The van der Waals surface area contributed by atoms with Gasteiger partial charge >= 0.3 is 0 Å². The highest BCUT2D eigenvalue weighted by Crippen LogP contribution is 2.22. The van der Waals surface area contributed by atoms with Gasteiger partial charge in [-0.05, 0) is 50.8 Å². The minimum Gasteiger partial charge on any atom is -0.351 e. The van der Waals surface area contributed by atoms with Gasteiger partial charge in [-0.3, -0.25) is 14.6 Å². The molecule has 1 aliphatic heterocycles. The number of amides is 2. The molecule has 1 N–H and O–H groups in total. The summed E-state index contributed by atoms with van der Waals surface area (Å²) in [5.74, 6) is -0.302. The van der Waals surface area contributed by atoms with Crippen LogP contribution in [0.3, 0.4) is 0 Å². The first-order valence-electron chi connectivity index (χ1n) is 7.48. The van der Waals surface area contributed by atoms with Crippen molar-refractivity contribution in [1.29, 1.82) is 0 Å². The zero-order valence-electron chi connectivity index (χ0n) is 12.8. The number of likely N-dealkylation sites (tertiary alicyclic amines) is 1. The number of hydrogen-bond donors (Lipinski definition) is 1. The van der Waals surface area contributed by atoms with Crippen LogP contribution in [0.5, 0.6) is 0 Å². The second-order valence-corrected chi connectivity index (χ2v) is 6.02. The van der Waals surface area contributed by atoms with Crippen LogP contribution in [0.1, 0.15) is 38.7 Å². The summed E-state index contributed by atoms with van der Waals surface area (Å²) in [4.78, 5) is 30.6. The Morgan fingerprint density at radius 2 is 1.81 bits per heavy atom. The van der Waals surface area contributed by atoms with E-state index < -0.39 is 5.41 Å². The maximum atomic E-state index is 12.5. The van der Waals surface area contributed by atoms with Gasteiger partial charge in [-0.25, -0.2) is 0 Å². The van der Waals surface area contributed by atoms with Crippen LogP contribution in [0.25, 0.3) is 0 Å². The van der Waals surface area contributed by atoms with Crippen LogP contribution >= 0.6 is 0 Å². The Hall–Kier alpha value is -1.91. The van der Waals surface area contributed by atoms with E-state index in [1.165, 1.54) is 6.42 Å². The molecular weight excluding hydrogens is 266 g/mol. The third-order valence-corrected chi connectivity index (χ3v) is 3.95. The van der Waals surface area contributed by atoms with Gasteiger partial charge in [0.2, 0.25) is 11.8 Å². The summed E-state index contributed by atoms with van der Waals surface area (Å²) >= 11 is 0. The van der Waals surface area contributed by atoms with Gasteiger partial charge in [-0.2, -0.15) is 0 Å². The lowest BCUT2D eigenvalue weighted by molar-refractivity contribution is -0.149. The molecule has 1 aromatic rings. The van der Waals surface area contributed by atoms with Gasteiger partial charge in [0.05, 0.1) is 0 Å². The van der Waals surface area contributed by atoms with E-state index in [9.17, 15) is 9.59 Å². The average molecular weight is 289 g/mol. The van der Waals surface area contributed by atoms with E-state index in [1.807, 2.05) is 17.0 Å². The standard InChI is InChI=1S/C16H23N3O2/c1-16(2,15(21)19-10-4-3-5-11-19)14(20)18-12-13-6-8-17-9-7-13/h6-9H,3-5,10-12H2,1-2H3,(H,18,20). The van der Waals surface area contributed by atoms with Gasteiger partial charge in [0.1, 0.15) is 5.41 Å². The summed E-state index contributed by atoms with van der Waals surface area (Å²) < 4.78 is 0. The molecule has 5 nitrogen and oxygen atoms in total. The van der Waals surface area contributed by atoms with Crippen LogP contribution in [0.4, 0.5) is 0 Å². The largest absolute Gasteiger partial charge is 0.351 e. The van der Waals surface area contributed by atoms with Gasteiger partial charge in [0.25, 0.3) is 0 Å². The predicted molar refractivity (Wildman–Crippen MR) is 80.3 cm³/mol. The summed E-state index contributed by atoms with van der Waals surface area (Å²) in [6.07, 6.45) is 6.59. The molecule has 0 spiro atoms. The SMILES string of the molecule is CC(C)(C(=O)NCc1ccncc1)C(=O)N1CCCCC1. The van der Waals surface area contributed by atoms with Gasteiger partial charge in [-0.1, -0.05) is 0 Å². The Morgan fingerprint density at radius 1 is 1.19 bits per heavy atom. The van der Waals surface area contributed by atoms with E-state index in [-0.39, 0.29) is 11.8 Å². The number of aromatic nitrogens is 1. The highest BCUT2D eigenvalue weighted by Gasteiger charge is 2.39. The Labute approximate surface area is 125 Å². The van der Waals surface area contributed by atoms with Crippen molar-refractivity contribution in [3.63, 3.8) is 0 Å². The zero-order valence-corrected chi connectivity index (χ0v) is 12.8. The maximum Gasteiger partial charge on any atom is 0.237 e. The molecule has 2 rings (SSSR count). The number of hydrogen-bond acceptors (Lipinski definition) is 3. The summed E-state index contributed by atoms with van der Waals surface area (Å²) in [6.45, 7) is 5.34. The highest BCUT2D eigenvalue weighted by molar-refractivity contribution is 6.04. The fourth-order valence-corrected chi connectivity index (χ4v) is 2.49. The van der Waals surface area contributed by atoms with Crippen molar-refractivity contribution in [2.24, 2.45) is 5.41 Å². The van der Waals surface area contributed by atoms with E-state index in [1.54, 1.807) is 26.2 Å². The van der Waals surface area contributed by atoms with Gasteiger partial charge in [0.15, 0.2) is 0 Å². The van der Waals surface area contributed by atoms with Crippen LogP contribution < -0.4 is 5.32 Å². The molecule has 2 amide bonds. The maximum absolute atomic E-state index is 12.5.